The Morgan fingerprint density at radius 1 is 1.33 bits per heavy atom. The molecule has 5 heteroatoms. The molecule has 0 saturated carbocycles. The third-order valence-electron chi connectivity index (χ3n) is 2.42. The number of ether oxygens (including phenoxy) is 1. The molecule has 1 aromatic heterocycles. The molecule has 4 nitrogen and oxygen atoms in total. The molecule has 0 fully saturated rings. The first kappa shape index (κ1) is 12.6. The van der Waals surface area contributed by atoms with Crippen LogP contribution in [0.5, 0.6) is 5.75 Å². The number of benzene rings is 1. The lowest BCUT2D eigenvalue weighted by Crippen LogP contribution is -2.01. The Balaban J connectivity index is 2.06. The maximum Gasteiger partial charge on any atom is 0.346 e. The van der Waals surface area contributed by atoms with Gasteiger partial charge in [0.05, 0.1) is 6.61 Å². The van der Waals surface area contributed by atoms with Gasteiger partial charge in [-0.25, -0.2) is 4.79 Å². The fourth-order valence-electron chi connectivity index (χ4n) is 1.53. The number of aliphatic hydroxyl groups is 1. The van der Waals surface area contributed by atoms with E-state index in [9.17, 15) is 4.79 Å². The van der Waals surface area contributed by atoms with Crippen molar-refractivity contribution < 1.29 is 19.7 Å². The quantitative estimate of drug-likeness (QED) is 0.870. The monoisotopic (exact) mass is 264 g/mol. The van der Waals surface area contributed by atoms with Gasteiger partial charge in [0.1, 0.15) is 17.2 Å². The normalized spacial score (nSPS) is 10.3. The average Bonchev–Trinajstić information content (AvgIpc) is 2.85. The van der Waals surface area contributed by atoms with E-state index >= 15 is 0 Å². The van der Waals surface area contributed by atoms with E-state index in [1.807, 2.05) is 0 Å². The van der Waals surface area contributed by atoms with Gasteiger partial charge in [0.15, 0.2) is 0 Å². The van der Waals surface area contributed by atoms with Crippen LogP contribution in [0.4, 0.5) is 0 Å². The van der Waals surface area contributed by atoms with Crippen molar-refractivity contribution in [3.8, 4) is 5.75 Å². The fraction of sp³-hybridized carbons (Fsp3) is 0.154. The topological polar surface area (TPSA) is 66.8 Å². The molecule has 1 heterocycles. The van der Waals surface area contributed by atoms with Crippen LogP contribution < -0.4 is 4.74 Å². The van der Waals surface area contributed by atoms with Crippen molar-refractivity contribution >= 4 is 17.3 Å². The van der Waals surface area contributed by atoms with Crippen LogP contribution >= 0.6 is 11.3 Å². The number of thiophene rings is 1. The lowest BCUT2D eigenvalue weighted by atomic mass is 10.2. The van der Waals surface area contributed by atoms with Gasteiger partial charge >= 0.3 is 5.97 Å². The molecule has 0 aliphatic carbocycles. The number of carbonyl (C=O) groups is 1. The van der Waals surface area contributed by atoms with E-state index in [-0.39, 0.29) is 13.2 Å². The highest BCUT2D eigenvalue weighted by molar-refractivity contribution is 7.12. The van der Waals surface area contributed by atoms with E-state index in [4.69, 9.17) is 14.9 Å². The fourth-order valence-corrected chi connectivity index (χ4v) is 2.28. The summed E-state index contributed by atoms with van der Waals surface area (Å²) in [6.07, 6.45) is 0. The summed E-state index contributed by atoms with van der Waals surface area (Å²) in [6, 6.07) is 8.82. The lowest BCUT2D eigenvalue weighted by Gasteiger charge is -2.07. The number of carboxylic acid groups (broad SMARTS) is 1. The van der Waals surface area contributed by atoms with E-state index in [0.717, 1.165) is 5.56 Å². The molecule has 0 atom stereocenters. The zero-order valence-corrected chi connectivity index (χ0v) is 10.3. The highest BCUT2D eigenvalue weighted by Gasteiger charge is 2.11. The van der Waals surface area contributed by atoms with E-state index in [1.54, 1.807) is 35.7 Å². The van der Waals surface area contributed by atoms with Crippen LogP contribution in [-0.4, -0.2) is 16.2 Å². The third kappa shape index (κ3) is 2.88. The van der Waals surface area contributed by atoms with Crippen LogP contribution in [0.15, 0.2) is 35.7 Å². The molecule has 0 unspecified atom stereocenters. The summed E-state index contributed by atoms with van der Waals surface area (Å²) in [5.74, 6) is -0.322. The Kier molecular flexibility index (Phi) is 3.96. The smallest absolute Gasteiger partial charge is 0.346 e. The van der Waals surface area contributed by atoms with Gasteiger partial charge in [0, 0.05) is 5.56 Å². The Hall–Kier alpha value is -1.85. The van der Waals surface area contributed by atoms with Gasteiger partial charge in [0.25, 0.3) is 0 Å². The molecule has 0 radical (unpaired) electrons. The summed E-state index contributed by atoms with van der Waals surface area (Å²) in [5.41, 5.74) is 1.41. The molecule has 2 rings (SSSR count). The van der Waals surface area contributed by atoms with Crippen molar-refractivity contribution in [2.24, 2.45) is 0 Å². The summed E-state index contributed by atoms with van der Waals surface area (Å²) in [7, 11) is 0. The second-order valence-corrected chi connectivity index (χ2v) is 4.59. The minimum Gasteiger partial charge on any atom is -0.489 e. The number of aliphatic hydroxyl groups excluding tert-OH is 1. The van der Waals surface area contributed by atoms with Crippen LogP contribution in [0.2, 0.25) is 0 Å². The van der Waals surface area contributed by atoms with Crippen LogP contribution in [0, 0.1) is 0 Å². The first-order valence-electron chi connectivity index (χ1n) is 5.33. The molecule has 0 saturated heterocycles. The van der Waals surface area contributed by atoms with E-state index < -0.39 is 5.97 Å². The zero-order valence-electron chi connectivity index (χ0n) is 9.50. The minimum absolute atomic E-state index is 0.0456. The molecule has 18 heavy (non-hydrogen) atoms. The van der Waals surface area contributed by atoms with E-state index in [2.05, 4.69) is 0 Å². The number of aromatic carboxylic acids is 1. The summed E-state index contributed by atoms with van der Waals surface area (Å²) >= 11 is 1.18. The molecule has 94 valence electrons. The Bertz CT molecular complexity index is 547. The Morgan fingerprint density at radius 3 is 2.89 bits per heavy atom. The summed E-state index contributed by atoms with van der Waals surface area (Å²) < 4.78 is 5.52. The zero-order chi connectivity index (χ0) is 13.0. The largest absolute Gasteiger partial charge is 0.489 e. The first-order chi connectivity index (χ1) is 8.70. The van der Waals surface area contributed by atoms with Gasteiger partial charge in [0.2, 0.25) is 0 Å². The molecule has 0 aliphatic heterocycles. The van der Waals surface area contributed by atoms with Crippen molar-refractivity contribution in [1.82, 2.24) is 0 Å². The molecule has 2 N–H and O–H groups in total. The molecule has 0 aliphatic rings. The molecule has 1 aromatic carbocycles. The number of hydrogen-bond donors (Lipinski definition) is 2. The third-order valence-corrected chi connectivity index (χ3v) is 3.36. The van der Waals surface area contributed by atoms with Gasteiger partial charge < -0.3 is 14.9 Å². The number of hydrogen-bond acceptors (Lipinski definition) is 4. The average molecular weight is 264 g/mol. The van der Waals surface area contributed by atoms with Crippen LogP contribution in [-0.2, 0) is 13.2 Å². The van der Waals surface area contributed by atoms with Crippen LogP contribution in [0.25, 0.3) is 0 Å². The highest BCUT2D eigenvalue weighted by Crippen LogP contribution is 2.20. The second-order valence-electron chi connectivity index (χ2n) is 3.67. The van der Waals surface area contributed by atoms with Gasteiger partial charge in [-0.05, 0) is 29.1 Å². The van der Waals surface area contributed by atoms with Crippen molar-refractivity contribution in [2.45, 2.75) is 13.2 Å². The summed E-state index contributed by atoms with van der Waals surface area (Å²) in [4.78, 5) is 11.2. The van der Waals surface area contributed by atoms with Crippen molar-refractivity contribution in [3.63, 3.8) is 0 Å². The molecular formula is C13H12O4S. The Morgan fingerprint density at radius 2 is 2.17 bits per heavy atom. The highest BCUT2D eigenvalue weighted by atomic mass is 32.1. The second kappa shape index (κ2) is 5.66. The molecule has 0 bridgehead atoms. The molecular weight excluding hydrogens is 252 g/mol. The van der Waals surface area contributed by atoms with Gasteiger partial charge in [-0.15, -0.1) is 11.3 Å². The van der Waals surface area contributed by atoms with Gasteiger partial charge in [-0.2, -0.15) is 0 Å². The molecule has 0 spiro atoms. The SMILES string of the molecule is O=C(O)c1sccc1COc1cccc(CO)c1. The van der Waals surface area contributed by atoms with Crippen molar-refractivity contribution in [1.29, 1.82) is 0 Å². The predicted octanol–water partition coefficient (Wildman–Crippen LogP) is 2.52. The number of carboxylic acids is 1. The van der Waals surface area contributed by atoms with Crippen LogP contribution in [0.1, 0.15) is 20.8 Å². The van der Waals surface area contributed by atoms with Crippen molar-refractivity contribution in [2.75, 3.05) is 0 Å². The molecule has 2 aromatic rings. The van der Waals surface area contributed by atoms with E-state index in [0.29, 0.717) is 16.2 Å². The first-order valence-corrected chi connectivity index (χ1v) is 6.21. The summed E-state index contributed by atoms with van der Waals surface area (Å²) in [5, 5.41) is 19.7. The maximum atomic E-state index is 10.9. The van der Waals surface area contributed by atoms with Crippen molar-refractivity contribution in [3.05, 3.63) is 51.7 Å². The predicted molar refractivity (Wildman–Crippen MR) is 68.0 cm³/mol. The minimum atomic E-state index is -0.937. The van der Waals surface area contributed by atoms with Gasteiger partial charge in [-0.1, -0.05) is 12.1 Å². The molecule has 0 amide bonds. The Labute approximate surface area is 108 Å². The summed E-state index contributed by atoms with van der Waals surface area (Å²) in [6.45, 7) is 0.163. The van der Waals surface area contributed by atoms with Crippen LogP contribution in [0.3, 0.4) is 0 Å². The van der Waals surface area contributed by atoms with Gasteiger partial charge in [-0.3, -0.25) is 0 Å². The lowest BCUT2D eigenvalue weighted by molar-refractivity contribution is 0.0699. The maximum absolute atomic E-state index is 10.9. The van der Waals surface area contributed by atoms with E-state index in [1.165, 1.54) is 11.3 Å². The standard InChI is InChI=1S/C13H12O4S/c14-7-9-2-1-3-11(6-9)17-8-10-4-5-18-12(10)13(15)16/h1-6,14H,7-8H2,(H,15,16). The number of rotatable bonds is 5.